The number of thioether (sulfide) groups is 1. The summed E-state index contributed by atoms with van der Waals surface area (Å²) in [7, 11) is 2.65. The number of carbonyl (C=O) groups is 2. The molecule has 4 nitrogen and oxygen atoms in total. The Morgan fingerprint density at radius 3 is 2.35 bits per heavy atom. The number of ether oxygens (including phenoxy) is 2. The molecule has 110 valence electrons. The molecule has 0 aliphatic heterocycles. The van der Waals surface area contributed by atoms with Gasteiger partial charge in [-0.2, -0.15) is 11.8 Å². The lowest BCUT2D eigenvalue weighted by molar-refractivity contribution is -0.151. The van der Waals surface area contributed by atoms with Gasteiger partial charge in [0.25, 0.3) is 0 Å². The van der Waals surface area contributed by atoms with Crippen LogP contribution in [-0.2, 0) is 24.8 Å². The van der Waals surface area contributed by atoms with E-state index in [1.54, 1.807) is 11.8 Å². The molecular formula is C15H20O4S. The summed E-state index contributed by atoms with van der Waals surface area (Å²) in [6.07, 6.45) is 0.0596. The van der Waals surface area contributed by atoms with Crippen LogP contribution in [0.15, 0.2) is 24.3 Å². The molecule has 0 radical (unpaired) electrons. The average Bonchev–Trinajstić information content (AvgIpc) is 2.47. The highest BCUT2D eigenvalue weighted by atomic mass is 32.2. The molecule has 0 saturated carbocycles. The fourth-order valence-corrected chi connectivity index (χ4v) is 2.75. The summed E-state index contributed by atoms with van der Waals surface area (Å²) in [5.41, 5.74) is 2.42. The summed E-state index contributed by atoms with van der Waals surface area (Å²) in [6, 6.07) is 8.25. The zero-order chi connectivity index (χ0) is 15.0. The third-order valence-corrected chi connectivity index (χ3v) is 4.06. The lowest BCUT2D eigenvalue weighted by Crippen LogP contribution is -2.22. The van der Waals surface area contributed by atoms with Crippen LogP contribution in [0.5, 0.6) is 0 Å². The van der Waals surface area contributed by atoms with E-state index in [2.05, 4.69) is 29.0 Å². The third-order valence-electron chi connectivity index (χ3n) is 2.88. The first-order valence-corrected chi connectivity index (χ1v) is 7.50. The second-order valence-corrected chi connectivity index (χ2v) is 5.53. The predicted molar refractivity (Wildman–Crippen MR) is 79.5 cm³/mol. The zero-order valence-corrected chi connectivity index (χ0v) is 12.9. The van der Waals surface area contributed by atoms with Gasteiger partial charge in [0.2, 0.25) is 0 Å². The van der Waals surface area contributed by atoms with E-state index in [0.717, 1.165) is 5.75 Å². The van der Waals surface area contributed by atoms with Gasteiger partial charge in [-0.15, -0.1) is 0 Å². The van der Waals surface area contributed by atoms with Gasteiger partial charge in [-0.05, 0) is 12.5 Å². The van der Waals surface area contributed by atoms with Gasteiger partial charge in [-0.1, -0.05) is 29.8 Å². The standard InChI is InChI=1S/C15H20O4S/c1-11-4-6-12(7-5-11)9-20-10-13(15(17)19-3)8-14(16)18-2/h4-7,13H,8-10H2,1-3H3. The zero-order valence-electron chi connectivity index (χ0n) is 12.0. The fourth-order valence-electron chi connectivity index (χ4n) is 1.66. The first kappa shape index (κ1) is 16.6. The van der Waals surface area contributed by atoms with Crippen LogP contribution in [0.4, 0.5) is 0 Å². The summed E-state index contributed by atoms with van der Waals surface area (Å²) in [5, 5.41) is 0. The van der Waals surface area contributed by atoms with E-state index < -0.39 is 11.9 Å². The third kappa shape index (κ3) is 5.65. The second kappa shape index (κ2) is 8.64. The Bertz CT molecular complexity index is 442. The van der Waals surface area contributed by atoms with Gasteiger partial charge in [0.15, 0.2) is 0 Å². The molecule has 0 fully saturated rings. The van der Waals surface area contributed by atoms with Crippen molar-refractivity contribution in [3.8, 4) is 0 Å². The molecule has 0 aliphatic rings. The number of rotatable bonds is 7. The minimum Gasteiger partial charge on any atom is -0.469 e. The van der Waals surface area contributed by atoms with Crippen LogP contribution in [0.3, 0.4) is 0 Å². The number of methoxy groups -OCH3 is 2. The lowest BCUT2D eigenvalue weighted by atomic mass is 10.1. The summed E-state index contributed by atoms with van der Waals surface area (Å²) < 4.78 is 9.31. The van der Waals surface area contributed by atoms with Crippen molar-refractivity contribution >= 4 is 23.7 Å². The molecule has 20 heavy (non-hydrogen) atoms. The number of aryl methyl sites for hydroxylation is 1. The topological polar surface area (TPSA) is 52.6 Å². The van der Waals surface area contributed by atoms with Crippen LogP contribution < -0.4 is 0 Å². The average molecular weight is 296 g/mol. The molecular weight excluding hydrogens is 276 g/mol. The van der Waals surface area contributed by atoms with Gasteiger partial charge in [0.05, 0.1) is 26.6 Å². The largest absolute Gasteiger partial charge is 0.469 e. The molecule has 0 spiro atoms. The second-order valence-electron chi connectivity index (χ2n) is 4.50. The molecule has 0 heterocycles. The van der Waals surface area contributed by atoms with Gasteiger partial charge >= 0.3 is 11.9 Å². The summed E-state index contributed by atoms with van der Waals surface area (Å²) in [5.74, 6) is 0.121. The van der Waals surface area contributed by atoms with E-state index in [0.29, 0.717) is 5.75 Å². The van der Waals surface area contributed by atoms with E-state index in [1.165, 1.54) is 25.3 Å². The Morgan fingerprint density at radius 1 is 1.15 bits per heavy atom. The quantitative estimate of drug-likeness (QED) is 0.724. The van der Waals surface area contributed by atoms with E-state index in [9.17, 15) is 9.59 Å². The van der Waals surface area contributed by atoms with Crippen LogP contribution in [0.2, 0.25) is 0 Å². The summed E-state index contributed by atoms with van der Waals surface area (Å²) in [6.45, 7) is 2.04. The van der Waals surface area contributed by atoms with Gasteiger partial charge in [-0.25, -0.2) is 0 Å². The highest BCUT2D eigenvalue weighted by Crippen LogP contribution is 2.19. The monoisotopic (exact) mass is 296 g/mol. The Morgan fingerprint density at radius 2 is 1.80 bits per heavy atom. The molecule has 0 aliphatic carbocycles. The number of hydrogen-bond donors (Lipinski definition) is 0. The molecule has 1 rings (SSSR count). The van der Waals surface area contributed by atoms with Crippen molar-refractivity contribution in [2.24, 2.45) is 5.92 Å². The van der Waals surface area contributed by atoms with Crippen LogP contribution >= 0.6 is 11.8 Å². The minimum absolute atomic E-state index is 0.0596. The van der Waals surface area contributed by atoms with Crippen LogP contribution in [0.25, 0.3) is 0 Å². The van der Waals surface area contributed by atoms with Gasteiger partial charge < -0.3 is 9.47 Å². The van der Waals surface area contributed by atoms with E-state index in [-0.39, 0.29) is 12.4 Å². The molecule has 0 aromatic heterocycles. The Kier molecular flexibility index (Phi) is 7.15. The van der Waals surface area contributed by atoms with E-state index >= 15 is 0 Å². The number of esters is 2. The van der Waals surface area contributed by atoms with Crippen molar-refractivity contribution in [3.05, 3.63) is 35.4 Å². The predicted octanol–water partition coefficient (Wildman–Crippen LogP) is 2.58. The van der Waals surface area contributed by atoms with Crippen LogP contribution in [0.1, 0.15) is 17.5 Å². The van der Waals surface area contributed by atoms with Gasteiger partial charge in [-0.3, -0.25) is 9.59 Å². The Labute approximate surface area is 123 Å². The van der Waals surface area contributed by atoms with Crippen LogP contribution in [-0.4, -0.2) is 31.9 Å². The van der Waals surface area contributed by atoms with E-state index in [1.807, 2.05) is 6.92 Å². The number of hydrogen-bond acceptors (Lipinski definition) is 5. The maximum absolute atomic E-state index is 11.6. The van der Waals surface area contributed by atoms with Crippen molar-refractivity contribution in [2.45, 2.75) is 19.1 Å². The fraction of sp³-hybridized carbons (Fsp3) is 0.467. The van der Waals surface area contributed by atoms with Crippen molar-refractivity contribution in [1.29, 1.82) is 0 Å². The number of benzene rings is 1. The molecule has 1 atom stereocenters. The molecule has 0 saturated heterocycles. The smallest absolute Gasteiger partial charge is 0.310 e. The first-order valence-electron chi connectivity index (χ1n) is 6.34. The highest BCUT2D eigenvalue weighted by Gasteiger charge is 2.23. The molecule has 0 bridgehead atoms. The molecule has 1 aromatic rings. The molecule has 5 heteroatoms. The molecule has 1 aromatic carbocycles. The van der Waals surface area contributed by atoms with Gasteiger partial charge in [0.1, 0.15) is 0 Å². The van der Waals surface area contributed by atoms with Crippen molar-refractivity contribution in [2.75, 3.05) is 20.0 Å². The maximum Gasteiger partial charge on any atom is 0.310 e. The number of carbonyl (C=O) groups excluding carboxylic acids is 2. The summed E-state index contributed by atoms with van der Waals surface area (Å²) in [4.78, 5) is 22.9. The van der Waals surface area contributed by atoms with Crippen molar-refractivity contribution in [1.82, 2.24) is 0 Å². The summed E-state index contributed by atoms with van der Waals surface area (Å²) >= 11 is 1.61. The molecule has 0 N–H and O–H groups in total. The normalized spacial score (nSPS) is 11.8. The SMILES string of the molecule is COC(=O)CC(CSCc1ccc(C)cc1)C(=O)OC. The minimum atomic E-state index is -0.456. The molecule has 1 unspecified atom stereocenters. The Balaban J connectivity index is 2.47. The molecule has 0 amide bonds. The lowest BCUT2D eigenvalue weighted by Gasteiger charge is -2.13. The first-order chi connectivity index (χ1) is 9.56. The maximum atomic E-state index is 11.6. The van der Waals surface area contributed by atoms with Gasteiger partial charge in [0, 0.05) is 11.5 Å². The highest BCUT2D eigenvalue weighted by molar-refractivity contribution is 7.98. The van der Waals surface area contributed by atoms with Crippen LogP contribution in [0, 0.1) is 12.8 Å². The Hall–Kier alpha value is -1.49. The van der Waals surface area contributed by atoms with Crippen molar-refractivity contribution in [3.63, 3.8) is 0 Å². The van der Waals surface area contributed by atoms with E-state index in [4.69, 9.17) is 4.74 Å². The van der Waals surface area contributed by atoms with Crippen molar-refractivity contribution < 1.29 is 19.1 Å².